The minimum atomic E-state index is -0.637. The Hall–Kier alpha value is -1.72. The van der Waals surface area contributed by atoms with E-state index in [0.29, 0.717) is 37.8 Å². The number of fused-ring (bicyclic) bond motifs is 2. The minimum absolute atomic E-state index is 0.0724. The molecule has 0 bridgehead atoms. The number of carbonyl (C=O) groups excluding carboxylic acids is 2. The number of imide groups is 1. The maximum absolute atomic E-state index is 13.3. The molecular weight excluding hydrogens is 304 g/mol. The standard InChI is InChI=1S/C19H26N2O3/c1-20(2)12-5-13-21-17(23)15-6-3-4-7-16(15)19(18(21)24)10-8-14(22)9-11-19/h3-4,6-7,14,22H,5,8-13H2,1-2H3. The number of rotatable bonds is 4. The summed E-state index contributed by atoms with van der Waals surface area (Å²) in [4.78, 5) is 29.6. The summed E-state index contributed by atoms with van der Waals surface area (Å²) in [6.45, 7) is 1.29. The first-order valence-corrected chi connectivity index (χ1v) is 8.74. The predicted molar refractivity (Wildman–Crippen MR) is 91.8 cm³/mol. The monoisotopic (exact) mass is 330 g/mol. The molecule has 1 aliphatic heterocycles. The van der Waals surface area contributed by atoms with Gasteiger partial charge in [-0.05, 0) is 64.4 Å². The van der Waals surface area contributed by atoms with Gasteiger partial charge in [0.05, 0.1) is 11.5 Å². The van der Waals surface area contributed by atoms with Crippen LogP contribution in [0.4, 0.5) is 0 Å². The van der Waals surface area contributed by atoms with Crippen LogP contribution in [-0.4, -0.2) is 60.0 Å². The fourth-order valence-corrected chi connectivity index (χ4v) is 4.02. The van der Waals surface area contributed by atoms with Gasteiger partial charge >= 0.3 is 0 Å². The van der Waals surface area contributed by atoms with Gasteiger partial charge in [0.1, 0.15) is 0 Å². The van der Waals surface area contributed by atoms with Gasteiger partial charge in [-0.2, -0.15) is 0 Å². The molecule has 1 aromatic carbocycles. The van der Waals surface area contributed by atoms with Crippen LogP contribution in [0.15, 0.2) is 24.3 Å². The van der Waals surface area contributed by atoms with Crippen LogP contribution in [-0.2, 0) is 10.2 Å². The first-order chi connectivity index (χ1) is 11.5. The molecule has 5 heteroatoms. The molecule has 1 aliphatic carbocycles. The summed E-state index contributed by atoms with van der Waals surface area (Å²) in [5.41, 5.74) is 0.871. The zero-order valence-electron chi connectivity index (χ0n) is 14.5. The smallest absolute Gasteiger partial charge is 0.260 e. The largest absolute Gasteiger partial charge is 0.393 e. The van der Waals surface area contributed by atoms with Crippen molar-refractivity contribution >= 4 is 11.8 Å². The lowest BCUT2D eigenvalue weighted by Crippen LogP contribution is -2.56. The van der Waals surface area contributed by atoms with Crippen molar-refractivity contribution in [3.05, 3.63) is 35.4 Å². The Morgan fingerprint density at radius 1 is 1.21 bits per heavy atom. The van der Waals surface area contributed by atoms with Crippen molar-refractivity contribution in [1.82, 2.24) is 9.80 Å². The van der Waals surface area contributed by atoms with Crippen molar-refractivity contribution in [2.75, 3.05) is 27.2 Å². The number of hydrogen-bond acceptors (Lipinski definition) is 4. The normalized spacial score (nSPS) is 27.0. The van der Waals surface area contributed by atoms with Crippen LogP contribution in [0.25, 0.3) is 0 Å². The molecule has 0 unspecified atom stereocenters. The van der Waals surface area contributed by atoms with Crippen molar-refractivity contribution in [3.8, 4) is 0 Å². The van der Waals surface area contributed by atoms with E-state index in [4.69, 9.17) is 0 Å². The van der Waals surface area contributed by atoms with E-state index in [1.807, 2.05) is 38.4 Å². The number of carbonyl (C=O) groups is 2. The van der Waals surface area contributed by atoms with Crippen LogP contribution >= 0.6 is 0 Å². The third-order valence-electron chi connectivity index (χ3n) is 5.37. The number of amides is 2. The number of benzene rings is 1. The zero-order valence-corrected chi connectivity index (χ0v) is 14.5. The average molecular weight is 330 g/mol. The van der Waals surface area contributed by atoms with E-state index in [1.54, 1.807) is 0 Å². The summed E-state index contributed by atoms with van der Waals surface area (Å²) < 4.78 is 0. The summed E-state index contributed by atoms with van der Waals surface area (Å²) in [5, 5.41) is 9.88. The molecule has 2 aliphatic rings. The Bertz CT molecular complexity index is 633. The van der Waals surface area contributed by atoms with Gasteiger partial charge in [-0.25, -0.2) is 0 Å². The molecule has 1 fully saturated rings. The molecule has 1 spiro atoms. The molecule has 5 nitrogen and oxygen atoms in total. The van der Waals surface area contributed by atoms with E-state index in [1.165, 1.54) is 4.90 Å². The van der Waals surface area contributed by atoms with Crippen molar-refractivity contribution < 1.29 is 14.7 Å². The van der Waals surface area contributed by atoms with Gasteiger partial charge in [-0.3, -0.25) is 14.5 Å². The maximum Gasteiger partial charge on any atom is 0.260 e. The van der Waals surface area contributed by atoms with Crippen molar-refractivity contribution in [1.29, 1.82) is 0 Å². The highest BCUT2D eigenvalue weighted by Crippen LogP contribution is 2.45. The van der Waals surface area contributed by atoms with Crippen molar-refractivity contribution in [2.45, 2.75) is 43.6 Å². The number of aliphatic hydroxyl groups excluding tert-OH is 1. The first-order valence-electron chi connectivity index (χ1n) is 8.74. The van der Waals surface area contributed by atoms with Gasteiger partial charge in [-0.1, -0.05) is 18.2 Å². The van der Waals surface area contributed by atoms with Crippen LogP contribution in [0, 0.1) is 0 Å². The van der Waals surface area contributed by atoms with Gasteiger partial charge in [0.2, 0.25) is 5.91 Å². The molecule has 0 radical (unpaired) electrons. The second kappa shape index (κ2) is 6.65. The van der Waals surface area contributed by atoms with E-state index in [2.05, 4.69) is 4.90 Å². The Labute approximate surface area is 143 Å². The summed E-state index contributed by atoms with van der Waals surface area (Å²) in [6.07, 6.45) is 2.88. The van der Waals surface area contributed by atoms with E-state index < -0.39 is 5.41 Å². The summed E-state index contributed by atoms with van der Waals surface area (Å²) in [6, 6.07) is 7.50. The lowest BCUT2D eigenvalue weighted by molar-refractivity contribution is -0.137. The summed E-state index contributed by atoms with van der Waals surface area (Å²) in [7, 11) is 3.97. The predicted octanol–water partition coefficient (Wildman–Crippen LogP) is 1.79. The van der Waals surface area contributed by atoms with E-state index in [-0.39, 0.29) is 17.9 Å². The number of aliphatic hydroxyl groups is 1. The third kappa shape index (κ3) is 2.87. The molecule has 1 heterocycles. The number of hydrogen-bond donors (Lipinski definition) is 1. The Balaban J connectivity index is 1.95. The van der Waals surface area contributed by atoms with Gasteiger partial charge < -0.3 is 10.0 Å². The molecule has 3 rings (SSSR count). The number of nitrogens with zero attached hydrogens (tertiary/aromatic N) is 2. The fraction of sp³-hybridized carbons (Fsp3) is 0.579. The second-order valence-electron chi connectivity index (χ2n) is 7.28. The van der Waals surface area contributed by atoms with Crippen LogP contribution in [0.5, 0.6) is 0 Å². The molecule has 24 heavy (non-hydrogen) atoms. The molecule has 2 amide bonds. The molecular formula is C19H26N2O3. The Kier molecular flexibility index (Phi) is 4.74. The van der Waals surface area contributed by atoms with E-state index in [9.17, 15) is 14.7 Å². The van der Waals surface area contributed by atoms with Gasteiger partial charge in [0.25, 0.3) is 5.91 Å². The van der Waals surface area contributed by atoms with E-state index in [0.717, 1.165) is 18.5 Å². The maximum atomic E-state index is 13.3. The molecule has 130 valence electrons. The third-order valence-corrected chi connectivity index (χ3v) is 5.37. The van der Waals surface area contributed by atoms with Crippen molar-refractivity contribution in [2.24, 2.45) is 0 Å². The first kappa shape index (κ1) is 17.1. The van der Waals surface area contributed by atoms with Gasteiger partial charge in [0.15, 0.2) is 0 Å². The van der Waals surface area contributed by atoms with Crippen molar-refractivity contribution in [3.63, 3.8) is 0 Å². The average Bonchev–Trinajstić information content (AvgIpc) is 2.57. The molecule has 1 N–H and O–H groups in total. The molecule has 0 atom stereocenters. The fourth-order valence-electron chi connectivity index (χ4n) is 4.02. The SMILES string of the molecule is CN(C)CCCN1C(=O)c2ccccc2C2(CCC(O)CC2)C1=O. The second-order valence-corrected chi connectivity index (χ2v) is 7.28. The summed E-state index contributed by atoms with van der Waals surface area (Å²) >= 11 is 0. The zero-order chi connectivity index (χ0) is 17.3. The molecule has 1 aromatic rings. The lowest BCUT2D eigenvalue weighted by atomic mass is 9.65. The van der Waals surface area contributed by atoms with Gasteiger partial charge in [-0.15, -0.1) is 0 Å². The highest BCUT2D eigenvalue weighted by atomic mass is 16.3. The molecule has 0 aromatic heterocycles. The minimum Gasteiger partial charge on any atom is -0.393 e. The Morgan fingerprint density at radius 2 is 1.88 bits per heavy atom. The summed E-state index contributed by atoms with van der Waals surface area (Å²) in [5.74, 6) is -0.247. The highest BCUT2D eigenvalue weighted by molar-refractivity contribution is 6.13. The molecule has 0 saturated heterocycles. The molecule has 1 saturated carbocycles. The van der Waals surface area contributed by atoms with E-state index >= 15 is 0 Å². The van der Waals surface area contributed by atoms with Crippen LogP contribution < -0.4 is 0 Å². The van der Waals surface area contributed by atoms with Gasteiger partial charge in [0, 0.05) is 12.1 Å². The topological polar surface area (TPSA) is 60.9 Å². The van der Waals surface area contributed by atoms with Crippen LogP contribution in [0.1, 0.15) is 48.0 Å². The van der Waals surface area contributed by atoms with Crippen LogP contribution in [0.2, 0.25) is 0 Å². The van der Waals surface area contributed by atoms with Crippen LogP contribution in [0.3, 0.4) is 0 Å². The quantitative estimate of drug-likeness (QED) is 0.855. The highest BCUT2D eigenvalue weighted by Gasteiger charge is 2.51. The lowest BCUT2D eigenvalue weighted by Gasteiger charge is -2.45. The Morgan fingerprint density at radius 3 is 2.54 bits per heavy atom.